The lowest BCUT2D eigenvalue weighted by atomic mass is 10.3. The van der Waals surface area contributed by atoms with Crippen LogP contribution in [0.4, 0.5) is 0 Å². The summed E-state index contributed by atoms with van der Waals surface area (Å²) in [6, 6.07) is 4.88. The molecular formula is C11H14N4O4S2. The Hall–Kier alpha value is -1.75. The van der Waals surface area contributed by atoms with Crippen molar-refractivity contribution in [1.82, 2.24) is 14.7 Å². The van der Waals surface area contributed by atoms with Crippen LogP contribution in [0.5, 0.6) is 0 Å². The SMILES string of the molecule is NS(=O)(=O)c1cccc(S(=O)(=O)NCCc2cnc[nH]2)c1. The average Bonchev–Trinajstić information content (AvgIpc) is 2.91. The van der Waals surface area contributed by atoms with Crippen molar-refractivity contribution in [3.63, 3.8) is 0 Å². The second-order valence-corrected chi connectivity index (χ2v) is 7.57. The van der Waals surface area contributed by atoms with Crippen molar-refractivity contribution in [3.05, 3.63) is 42.5 Å². The minimum Gasteiger partial charge on any atom is -0.348 e. The quantitative estimate of drug-likeness (QED) is 0.661. The molecule has 0 spiro atoms. The van der Waals surface area contributed by atoms with E-state index in [1.165, 1.54) is 24.5 Å². The predicted octanol–water partition coefficient (Wildman–Crippen LogP) is -0.422. The predicted molar refractivity (Wildman–Crippen MR) is 75.3 cm³/mol. The summed E-state index contributed by atoms with van der Waals surface area (Å²) in [5.74, 6) is 0. The van der Waals surface area contributed by atoms with E-state index >= 15 is 0 Å². The summed E-state index contributed by atoms with van der Waals surface area (Å²) >= 11 is 0. The molecule has 0 amide bonds. The van der Waals surface area contributed by atoms with E-state index in [1.807, 2.05) is 0 Å². The molecule has 21 heavy (non-hydrogen) atoms. The van der Waals surface area contributed by atoms with Gasteiger partial charge in [-0.2, -0.15) is 0 Å². The van der Waals surface area contributed by atoms with Gasteiger partial charge in [-0.3, -0.25) is 0 Å². The summed E-state index contributed by atoms with van der Waals surface area (Å²) in [5, 5.41) is 4.98. The molecule has 0 aliphatic heterocycles. The van der Waals surface area contributed by atoms with Crippen molar-refractivity contribution >= 4 is 20.0 Å². The zero-order valence-electron chi connectivity index (χ0n) is 10.9. The van der Waals surface area contributed by atoms with Gasteiger partial charge in [-0.25, -0.2) is 31.7 Å². The van der Waals surface area contributed by atoms with Gasteiger partial charge >= 0.3 is 0 Å². The molecule has 2 rings (SSSR count). The fraction of sp³-hybridized carbons (Fsp3) is 0.182. The minimum atomic E-state index is -3.95. The molecular weight excluding hydrogens is 316 g/mol. The number of sulfonamides is 2. The Morgan fingerprint density at radius 2 is 1.90 bits per heavy atom. The third-order valence-electron chi connectivity index (χ3n) is 2.69. The molecule has 0 radical (unpaired) electrons. The van der Waals surface area contributed by atoms with Crippen LogP contribution in [0.25, 0.3) is 0 Å². The number of hydrogen-bond acceptors (Lipinski definition) is 5. The fourth-order valence-electron chi connectivity index (χ4n) is 1.64. The Bertz CT molecular complexity index is 814. The highest BCUT2D eigenvalue weighted by Crippen LogP contribution is 2.14. The van der Waals surface area contributed by atoms with Crippen molar-refractivity contribution in [1.29, 1.82) is 0 Å². The van der Waals surface area contributed by atoms with Gasteiger partial charge in [0.1, 0.15) is 0 Å². The van der Waals surface area contributed by atoms with Crippen LogP contribution in [0.1, 0.15) is 5.69 Å². The monoisotopic (exact) mass is 330 g/mol. The van der Waals surface area contributed by atoms with Crippen molar-refractivity contribution in [2.45, 2.75) is 16.2 Å². The van der Waals surface area contributed by atoms with Gasteiger partial charge in [-0.15, -0.1) is 0 Å². The highest BCUT2D eigenvalue weighted by molar-refractivity contribution is 7.90. The zero-order chi connectivity index (χ0) is 15.5. The van der Waals surface area contributed by atoms with E-state index in [1.54, 1.807) is 6.20 Å². The molecule has 0 aliphatic carbocycles. The van der Waals surface area contributed by atoms with Crippen LogP contribution in [0, 0.1) is 0 Å². The van der Waals surface area contributed by atoms with Gasteiger partial charge in [0.2, 0.25) is 20.0 Å². The van der Waals surface area contributed by atoms with Gasteiger partial charge in [-0.05, 0) is 18.2 Å². The number of nitrogens with two attached hydrogens (primary N) is 1. The van der Waals surface area contributed by atoms with Gasteiger partial charge in [0.05, 0.1) is 16.1 Å². The van der Waals surface area contributed by atoms with Crippen molar-refractivity contribution in [2.24, 2.45) is 5.14 Å². The lowest BCUT2D eigenvalue weighted by molar-refractivity contribution is 0.581. The third-order valence-corrected chi connectivity index (χ3v) is 5.06. The first-order valence-corrected chi connectivity index (χ1v) is 8.92. The smallest absolute Gasteiger partial charge is 0.240 e. The van der Waals surface area contributed by atoms with Crippen LogP contribution >= 0.6 is 0 Å². The number of aromatic nitrogens is 2. The van der Waals surface area contributed by atoms with Crippen LogP contribution in [-0.4, -0.2) is 33.3 Å². The summed E-state index contributed by atoms with van der Waals surface area (Å²) < 4.78 is 49.0. The maximum Gasteiger partial charge on any atom is 0.240 e. The van der Waals surface area contributed by atoms with Crippen molar-refractivity contribution in [3.8, 4) is 0 Å². The van der Waals surface area contributed by atoms with Gasteiger partial charge < -0.3 is 4.98 Å². The third kappa shape index (κ3) is 4.11. The fourth-order valence-corrected chi connectivity index (χ4v) is 3.35. The number of rotatable bonds is 6. The standard InChI is InChI=1S/C11H14N4O4S2/c12-20(16,17)10-2-1-3-11(6-10)21(18,19)15-5-4-9-7-13-8-14-9/h1-3,6-8,15H,4-5H2,(H,13,14)(H2,12,16,17). The first-order valence-electron chi connectivity index (χ1n) is 5.89. The normalized spacial score (nSPS) is 12.4. The van der Waals surface area contributed by atoms with E-state index in [4.69, 9.17) is 5.14 Å². The highest BCUT2D eigenvalue weighted by Gasteiger charge is 2.17. The Morgan fingerprint density at radius 3 is 2.52 bits per heavy atom. The van der Waals surface area contributed by atoms with E-state index in [0.717, 1.165) is 11.8 Å². The van der Waals surface area contributed by atoms with Crippen LogP contribution in [0.15, 0.2) is 46.6 Å². The number of H-pyrrole nitrogens is 1. The Kier molecular flexibility index (Phi) is 4.42. The molecule has 4 N–H and O–H groups in total. The molecule has 0 atom stereocenters. The molecule has 0 aliphatic rings. The molecule has 1 aromatic carbocycles. The molecule has 2 aromatic rings. The number of imidazole rings is 1. The molecule has 1 heterocycles. The van der Waals surface area contributed by atoms with Crippen LogP contribution in [-0.2, 0) is 26.5 Å². The van der Waals surface area contributed by atoms with E-state index in [2.05, 4.69) is 14.7 Å². The second-order valence-electron chi connectivity index (χ2n) is 4.24. The largest absolute Gasteiger partial charge is 0.348 e. The van der Waals surface area contributed by atoms with E-state index in [-0.39, 0.29) is 16.3 Å². The van der Waals surface area contributed by atoms with Gasteiger partial charge in [0.15, 0.2) is 0 Å². The summed E-state index contributed by atoms with van der Waals surface area (Å²) in [6.07, 6.45) is 3.53. The Labute approximate surface area is 122 Å². The molecule has 0 unspecified atom stereocenters. The summed E-state index contributed by atoms with van der Waals surface area (Å²) in [4.78, 5) is 6.27. The molecule has 0 saturated carbocycles. The van der Waals surface area contributed by atoms with Gasteiger partial charge in [0.25, 0.3) is 0 Å². The van der Waals surface area contributed by atoms with Crippen LogP contribution in [0.3, 0.4) is 0 Å². The minimum absolute atomic E-state index is 0.154. The lowest BCUT2D eigenvalue weighted by Crippen LogP contribution is -2.26. The molecule has 1 aromatic heterocycles. The number of hydrogen-bond donors (Lipinski definition) is 3. The lowest BCUT2D eigenvalue weighted by Gasteiger charge is -2.07. The molecule has 8 nitrogen and oxygen atoms in total. The Morgan fingerprint density at radius 1 is 1.19 bits per heavy atom. The zero-order valence-corrected chi connectivity index (χ0v) is 12.5. The molecule has 0 fully saturated rings. The topological polar surface area (TPSA) is 135 Å². The highest BCUT2D eigenvalue weighted by atomic mass is 32.2. The van der Waals surface area contributed by atoms with Gasteiger partial charge in [-0.1, -0.05) is 6.07 Å². The Balaban J connectivity index is 2.12. The number of nitrogens with one attached hydrogen (secondary N) is 2. The average molecular weight is 330 g/mol. The first kappa shape index (κ1) is 15.6. The maximum absolute atomic E-state index is 12.1. The number of benzene rings is 1. The molecule has 114 valence electrons. The summed E-state index contributed by atoms with van der Waals surface area (Å²) in [7, 11) is -7.75. The van der Waals surface area contributed by atoms with Gasteiger partial charge in [0, 0.05) is 24.9 Å². The number of aromatic amines is 1. The second kappa shape index (κ2) is 5.93. The molecule has 10 heteroatoms. The van der Waals surface area contributed by atoms with Crippen LogP contribution in [0.2, 0.25) is 0 Å². The summed E-state index contributed by atoms with van der Waals surface area (Å²) in [5.41, 5.74) is 0.788. The number of nitrogens with zero attached hydrogens (tertiary/aromatic N) is 1. The van der Waals surface area contributed by atoms with Crippen LogP contribution < -0.4 is 9.86 Å². The van der Waals surface area contributed by atoms with E-state index in [9.17, 15) is 16.8 Å². The van der Waals surface area contributed by atoms with Crippen molar-refractivity contribution in [2.75, 3.05) is 6.54 Å². The van der Waals surface area contributed by atoms with E-state index in [0.29, 0.717) is 6.42 Å². The van der Waals surface area contributed by atoms with Crippen molar-refractivity contribution < 1.29 is 16.8 Å². The summed E-state index contributed by atoms with van der Waals surface area (Å²) in [6.45, 7) is 0.157. The maximum atomic E-state index is 12.1. The van der Waals surface area contributed by atoms with E-state index < -0.39 is 20.0 Å². The number of primary sulfonamides is 1. The molecule has 0 saturated heterocycles. The molecule has 0 bridgehead atoms. The first-order chi connectivity index (χ1) is 9.79.